The van der Waals surface area contributed by atoms with Crippen molar-refractivity contribution in [2.75, 3.05) is 7.11 Å². The largest absolute Gasteiger partial charge is 0.496 e. The molecule has 1 aromatic carbocycles. The van der Waals surface area contributed by atoms with Gasteiger partial charge in [0.15, 0.2) is 0 Å². The van der Waals surface area contributed by atoms with Crippen molar-refractivity contribution in [1.29, 1.82) is 0 Å². The average molecular weight is 195 g/mol. The summed E-state index contributed by atoms with van der Waals surface area (Å²) < 4.78 is 5.12. The molecule has 5 heteroatoms. The van der Waals surface area contributed by atoms with Crippen LogP contribution in [0.15, 0.2) is 29.3 Å². The van der Waals surface area contributed by atoms with Gasteiger partial charge in [-0.3, -0.25) is 5.21 Å². The molecule has 0 heterocycles. The minimum Gasteiger partial charge on any atom is -0.496 e. The van der Waals surface area contributed by atoms with E-state index in [0.29, 0.717) is 6.54 Å². The third-order valence-corrected chi connectivity index (χ3v) is 1.73. The second-order valence-corrected chi connectivity index (χ2v) is 2.63. The van der Waals surface area contributed by atoms with Gasteiger partial charge in [-0.15, -0.1) is 0 Å². The zero-order valence-electron chi connectivity index (χ0n) is 7.90. The Kier molecular flexibility index (Phi) is 3.75. The molecule has 0 bridgehead atoms. The van der Waals surface area contributed by atoms with Gasteiger partial charge in [-0.05, 0) is 6.07 Å². The van der Waals surface area contributed by atoms with Crippen molar-refractivity contribution in [1.82, 2.24) is 5.48 Å². The van der Waals surface area contributed by atoms with Gasteiger partial charge in [-0.1, -0.05) is 18.2 Å². The lowest BCUT2D eigenvalue weighted by Crippen LogP contribution is -2.28. The van der Waals surface area contributed by atoms with Crippen LogP contribution in [0.5, 0.6) is 5.75 Å². The summed E-state index contributed by atoms with van der Waals surface area (Å²) in [6.45, 7) is 0.364. The zero-order valence-corrected chi connectivity index (χ0v) is 7.90. The standard InChI is InChI=1S/C9H13N3O2/c1-14-8-5-3-2-4-7(8)6-11-9(10)12-13/h2-5,13H,6H2,1H3,(H3,10,11,12). The van der Waals surface area contributed by atoms with Crippen LogP contribution in [0.3, 0.4) is 0 Å². The molecule has 0 aliphatic heterocycles. The van der Waals surface area contributed by atoms with E-state index >= 15 is 0 Å². The molecule has 0 atom stereocenters. The number of nitrogens with two attached hydrogens (primary N) is 1. The number of guanidine groups is 1. The first-order chi connectivity index (χ1) is 6.77. The summed E-state index contributed by atoms with van der Waals surface area (Å²) in [5, 5.41) is 8.40. The van der Waals surface area contributed by atoms with Crippen molar-refractivity contribution in [3.63, 3.8) is 0 Å². The molecule has 4 N–H and O–H groups in total. The Hall–Kier alpha value is -1.75. The van der Waals surface area contributed by atoms with Crippen molar-refractivity contribution in [3.8, 4) is 5.75 Å². The van der Waals surface area contributed by atoms with Crippen molar-refractivity contribution >= 4 is 5.96 Å². The van der Waals surface area contributed by atoms with E-state index in [2.05, 4.69) is 4.99 Å². The highest BCUT2D eigenvalue weighted by atomic mass is 16.5. The fourth-order valence-corrected chi connectivity index (χ4v) is 1.04. The van der Waals surface area contributed by atoms with Gasteiger partial charge in [0.2, 0.25) is 5.96 Å². The van der Waals surface area contributed by atoms with Crippen molar-refractivity contribution in [2.24, 2.45) is 10.7 Å². The minimum absolute atomic E-state index is 0.0177. The quantitative estimate of drug-likeness (QED) is 0.372. The molecule has 1 rings (SSSR count). The number of hydrogen-bond donors (Lipinski definition) is 3. The lowest BCUT2D eigenvalue weighted by molar-refractivity contribution is 0.232. The van der Waals surface area contributed by atoms with E-state index < -0.39 is 0 Å². The van der Waals surface area contributed by atoms with E-state index in [1.807, 2.05) is 24.3 Å². The summed E-state index contributed by atoms with van der Waals surface area (Å²) in [6, 6.07) is 7.48. The second-order valence-electron chi connectivity index (χ2n) is 2.63. The number of ether oxygens (including phenoxy) is 1. The topological polar surface area (TPSA) is 79.9 Å². The van der Waals surface area contributed by atoms with Crippen LogP contribution in [0.2, 0.25) is 0 Å². The van der Waals surface area contributed by atoms with E-state index in [1.165, 1.54) is 0 Å². The molecule has 1 aromatic rings. The van der Waals surface area contributed by atoms with Crippen molar-refractivity contribution < 1.29 is 9.94 Å². The third kappa shape index (κ3) is 2.63. The fraction of sp³-hybridized carbons (Fsp3) is 0.222. The first-order valence-electron chi connectivity index (χ1n) is 4.10. The van der Waals surface area contributed by atoms with Gasteiger partial charge in [0.05, 0.1) is 13.7 Å². The number of para-hydroxylation sites is 1. The Labute approximate surface area is 82.2 Å². The van der Waals surface area contributed by atoms with Crippen molar-refractivity contribution in [3.05, 3.63) is 29.8 Å². The summed E-state index contributed by atoms with van der Waals surface area (Å²) in [4.78, 5) is 3.87. The Morgan fingerprint density at radius 3 is 2.93 bits per heavy atom. The van der Waals surface area contributed by atoms with Gasteiger partial charge in [0.1, 0.15) is 5.75 Å². The van der Waals surface area contributed by atoms with Crippen molar-refractivity contribution in [2.45, 2.75) is 6.54 Å². The Morgan fingerprint density at radius 2 is 2.29 bits per heavy atom. The van der Waals surface area contributed by atoms with Gasteiger partial charge in [0, 0.05) is 5.56 Å². The molecular formula is C9H13N3O2. The maximum absolute atomic E-state index is 8.40. The molecule has 0 spiro atoms. The second kappa shape index (κ2) is 5.08. The summed E-state index contributed by atoms with van der Waals surface area (Å²) in [7, 11) is 1.59. The fourth-order valence-electron chi connectivity index (χ4n) is 1.04. The number of hydroxylamine groups is 1. The number of hydrogen-bond acceptors (Lipinski definition) is 3. The molecule has 0 saturated heterocycles. The molecule has 76 valence electrons. The monoisotopic (exact) mass is 195 g/mol. The molecular weight excluding hydrogens is 182 g/mol. The van der Waals surface area contributed by atoms with E-state index in [0.717, 1.165) is 11.3 Å². The Morgan fingerprint density at radius 1 is 1.57 bits per heavy atom. The van der Waals surface area contributed by atoms with Gasteiger partial charge in [-0.2, -0.15) is 0 Å². The first-order valence-corrected chi connectivity index (χ1v) is 4.10. The molecule has 14 heavy (non-hydrogen) atoms. The maximum atomic E-state index is 8.40. The zero-order chi connectivity index (χ0) is 10.4. The first kappa shape index (κ1) is 10.3. The van der Waals surface area contributed by atoms with E-state index in [4.69, 9.17) is 15.7 Å². The molecule has 0 aromatic heterocycles. The third-order valence-electron chi connectivity index (χ3n) is 1.73. The number of aliphatic imine (C=N–C) groups is 1. The Balaban J connectivity index is 2.76. The van der Waals surface area contributed by atoms with Gasteiger partial charge >= 0.3 is 0 Å². The summed E-state index contributed by atoms with van der Waals surface area (Å²) in [5.74, 6) is 0.734. The number of benzene rings is 1. The number of rotatable bonds is 3. The van der Waals surface area contributed by atoms with Crippen LogP contribution in [-0.4, -0.2) is 18.3 Å². The highest BCUT2D eigenvalue weighted by Crippen LogP contribution is 2.17. The minimum atomic E-state index is -0.0177. The number of nitrogens with zero attached hydrogens (tertiary/aromatic N) is 1. The smallest absolute Gasteiger partial charge is 0.213 e. The molecule has 5 nitrogen and oxygen atoms in total. The van der Waals surface area contributed by atoms with Crippen LogP contribution in [0, 0.1) is 0 Å². The number of methoxy groups -OCH3 is 1. The highest BCUT2D eigenvalue weighted by Gasteiger charge is 1.99. The predicted octanol–water partition coefficient (Wildman–Crippen LogP) is 0.489. The number of nitrogens with one attached hydrogen (secondary N) is 1. The molecule has 0 saturated carbocycles. The molecule has 0 aliphatic carbocycles. The lowest BCUT2D eigenvalue weighted by atomic mass is 10.2. The van der Waals surface area contributed by atoms with Crippen LogP contribution >= 0.6 is 0 Å². The molecule has 0 amide bonds. The van der Waals surface area contributed by atoms with Gasteiger partial charge < -0.3 is 10.5 Å². The Bertz CT molecular complexity index is 326. The molecule has 0 aliphatic rings. The summed E-state index contributed by atoms with van der Waals surface area (Å²) in [5.41, 5.74) is 7.93. The van der Waals surface area contributed by atoms with E-state index in [1.54, 1.807) is 12.6 Å². The normalized spacial score (nSPS) is 11.1. The highest BCUT2D eigenvalue weighted by molar-refractivity contribution is 5.76. The van der Waals surface area contributed by atoms with Gasteiger partial charge in [0.25, 0.3) is 0 Å². The SMILES string of the molecule is COc1ccccc1CN=C(N)NO. The lowest BCUT2D eigenvalue weighted by Gasteiger charge is -2.05. The van der Waals surface area contributed by atoms with Crippen LogP contribution < -0.4 is 16.0 Å². The van der Waals surface area contributed by atoms with Crippen LogP contribution in [0.25, 0.3) is 0 Å². The van der Waals surface area contributed by atoms with Gasteiger partial charge in [-0.25, -0.2) is 10.5 Å². The summed E-state index contributed by atoms with van der Waals surface area (Å²) >= 11 is 0. The van der Waals surface area contributed by atoms with Crippen LogP contribution in [0.1, 0.15) is 5.56 Å². The summed E-state index contributed by atoms with van der Waals surface area (Å²) in [6.07, 6.45) is 0. The molecule has 0 radical (unpaired) electrons. The average Bonchev–Trinajstić information content (AvgIpc) is 2.26. The van der Waals surface area contributed by atoms with E-state index in [9.17, 15) is 0 Å². The van der Waals surface area contributed by atoms with E-state index in [-0.39, 0.29) is 5.96 Å². The van der Waals surface area contributed by atoms with Crippen LogP contribution in [0.4, 0.5) is 0 Å². The molecule has 0 fully saturated rings. The van der Waals surface area contributed by atoms with Crippen LogP contribution in [-0.2, 0) is 6.54 Å². The predicted molar refractivity (Wildman–Crippen MR) is 53.2 cm³/mol. The molecule has 0 unspecified atom stereocenters. The maximum Gasteiger partial charge on any atom is 0.213 e.